The molecule has 0 unspecified atom stereocenters. The molecule has 1 aliphatic rings. The van der Waals surface area contributed by atoms with Crippen LogP contribution in [-0.4, -0.2) is 53.2 Å². The largest absolute Gasteiger partial charge is 0.497 e. The monoisotopic (exact) mass is 404 g/mol. The number of nitrogens with one attached hydrogen (secondary N) is 2. The van der Waals surface area contributed by atoms with Gasteiger partial charge < -0.3 is 15.0 Å². The van der Waals surface area contributed by atoms with Gasteiger partial charge in [0.2, 0.25) is 5.91 Å². The molecule has 2 atom stereocenters. The molecule has 152 valence electrons. The lowest BCUT2D eigenvalue weighted by atomic mass is 10.2. The van der Waals surface area contributed by atoms with Crippen LogP contribution in [0.1, 0.15) is 45.0 Å². The molecule has 0 bridgehead atoms. The van der Waals surface area contributed by atoms with E-state index in [4.69, 9.17) is 4.74 Å². The van der Waals surface area contributed by atoms with Crippen molar-refractivity contribution in [1.82, 2.24) is 20.1 Å². The smallest absolute Gasteiger partial charge is 0.233 e. The number of ether oxygens (including phenoxy) is 1. The van der Waals surface area contributed by atoms with Crippen LogP contribution >= 0.6 is 11.8 Å². The highest BCUT2D eigenvalue weighted by Gasteiger charge is 2.29. The Kier molecular flexibility index (Phi) is 6.61. The summed E-state index contributed by atoms with van der Waals surface area (Å²) in [6.45, 7) is 4.08. The highest BCUT2D eigenvalue weighted by Crippen LogP contribution is 2.29. The number of quaternary nitrogens is 1. The molecule has 1 heterocycles. The second-order valence-electron chi connectivity index (χ2n) is 7.46. The number of amides is 1. The molecule has 8 heteroatoms. The Morgan fingerprint density at radius 2 is 2.00 bits per heavy atom. The number of thioether (sulfide) groups is 1. The lowest BCUT2D eigenvalue weighted by Crippen LogP contribution is -3.06. The number of hydrogen-bond acceptors (Lipinski definition) is 5. The quantitative estimate of drug-likeness (QED) is 0.622. The van der Waals surface area contributed by atoms with Crippen LogP contribution < -0.4 is 15.0 Å². The first kappa shape index (κ1) is 20.7. The first-order chi connectivity index (χ1) is 13.4. The summed E-state index contributed by atoms with van der Waals surface area (Å²) in [5.74, 6) is 1.77. The van der Waals surface area contributed by atoms with E-state index >= 15 is 0 Å². The number of rotatable bonds is 9. The Morgan fingerprint density at radius 3 is 2.54 bits per heavy atom. The lowest BCUT2D eigenvalue weighted by molar-refractivity contribution is -0.893. The number of aromatic nitrogens is 3. The van der Waals surface area contributed by atoms with Crippen molar-refractivity contribution in [3.63, 3.8) is 0 Å². The van der Waals surface area contributed by atoms with Crippen LogP contribution in [0.4, 0.5) is 0 Å². The second-order valence-corrected chi connectivity index (χ2v) is 8.76. The normalized spacial score (nSPS) is 16.1. The number of methoxy groups -OCH3 is 1. The van der Waals surface area contributed by atoms with E-state index < -0.39 is 0 Å². The van der Waals surface area contributed by atoms with Crippen LogP contribution in [0.15, 0.2) is 29.4 Å². The van der Waals surface area contributed by atoms with E-state index in [0.717, 1.165) is 41.7 Å². The van der Waals surface area contributed by atoms with Gasteiger partial charge >= 0.3 is 0 Å². The van der Waals surface area contributed by atoms with Gasteiger partial charge in [-0.05, 0) is 44.0 Å². The van der Waals surface area contributed by atoms with Gasteiger partial charge in [-0.2, -0.15) is 0 Å². The van der Waals surface area contributed by atoms with Crippen molar-refractivity contribution < 1.29 is 14.4 Å². The average molecular weight is 405 g/mol. The fraction of sp³-hybridized carbons (Fsp3) is 0.550. The van der Waals surface area contributed by atoms with Gasteiger partial charge in [-0.1, -0.05) is 18.7 Å². The van der Waals surface area contributed by atoms with Gasteiger partial charge in [-0.15, -0.1) is 10.2 Å². The van der Waals surface area contributed by atoms with Crippen LogP contribution in [0.25, 0.3) is 5.69 Å². The minimum absolute atomic E-state index is 0.0589. The molecular formula is C20H30N5O2S+. The molecule has 1 saturated carbocycles. The van der Waals surface area contributed by atoms with E-state index in [0.29, 0.717) is 6.04 Å². The summed E-state index contributed by atoms with van der Waals surface area (Å²) in [5, 5.41) is 12.5. The first-order valence-corrected chi connectivity index (χ1v) is 10.7. The van der Waals surface area contributed by atoms with Crippen LogP contribution in [0.5, 0.6) is 5.75 Å². The fourth-order valence-corrected chi connectivity index (χ4v) is 4.05. The van der Waals surface area contributed by atoms with Crippen molar-refractivity contribution in [3.05, 3.63) is 30.1 Å². The summed E-state index contributed by atoms with van der Waals surface area (Å²) in [7, 11) is 5.91. The lowest BCUT2D eigenvalue weighted by Gasteiger charge is -2.21. The topological polar surface area (TPSA) is 73.5 Å². The SMILES string of the molecule is CC[C@H](c1nnc(S[C@@H](C)C(=O)NC2CC2)n1-c1ccc(OC)cc1)[NH+](C)C. The summed E-state index contributed by atoms with van der Waals surface area (Å²) in [5.41, 5.74) is 0.970. The van der Waals surface area contributed by atoms with Crippen LogP contribution in [0.3, 0.4) is 0 Å². The van der Waals surface area contributed by atoms with Crippen molar-refractivity contribution in [2.75, 3.05) is 21.2 Å². The Morgan fingerprint density at radius 1 is 1.32 bits per heavy atom. The predicted octanol–water partition coefficient (Wildman–Crippen LogP) is 1.63. The number of benzene rings is 1. The maximum absolute atomic E-state index is 12.4. The summed E-state index contributed by atoms with van der Waals surface area (Å²) >= 11 is 1.45. The second kappa shape index (κ2) is 8.96. The van der Waals surface area contributed by atoms with Gasteiger partial charge in [0.25, 0.3) is 0 Å². The molecule has 2 N–H and O–H groups in total. The van der Waals surface area contributed by atoms with E-state index in [1.54, 1.807) is 7.11 Å². The third-order valence-corrected chi connectivity index (χ3v) is 6.02. The van der Waals surface area contributed by atoms with Crippen molar-refractivity contribution in [2.24, 2.45) is 0 Å². The highest BCUT2D eigenvalue weighted by molar-refractivity contribution is 8.00. The van der Waals surface area contributed by atoms with Crippen molar-refractivity contribution in [2.45, 2.75) is 55.6 Å². The number of hydrogen-bond donors (Lipinski definition) is 2. The fourth-order valence-electron chi connectivity index (χ4n) is 3.16. The standard InChI is InChI=1S/C20H29N5O2S/c1-6-17(24(3)4)18-22-23-20(28-13(2)19(26)21-14-7-8-14)25(18)15-9-11-16(27-5)12-10-15/h9-14,17H,6-8H2,1-5H3,(H,21,26)/p+1/t13-,17+/m0/s1. The Labute approximate surface area is 170 Å². The zero-order valence-electron chi connectivity index (χ0n) is 17.2. The van der Waals surface area contributed by atoms with E-state index in [-0.39, 0.29) is 17.2 Å². The number of nitrogens with zero attached hydrogens (tertiary/aromatic N) is 3. The van der Waals surface area contributed by atoms with Crippen LogP contribution in [-0.2, 0) is 4.79 Å². The first-order valence-electron chi connectivity index (χ1n) is 9.81. The summed E-state index contributed by atoms with van der Waals surface area (Å²) in [4.78, 5) is 13.7. The molecule has 28 heavy (non-hydrogen) atoms. The summed E-state index contributed by atoms with van der Waals surface area (Å²) in [6, 6.07) is 8.43. The van der Waals surface area contributed by atoms with Crippen molar-refractivity contribution in [1.29, 1.82) is 0 Å². The average Bonchev–Trinajstić information content (AvgIpc) is 3.41. The molecule has 1 aromatic heterocycles. The molecular weight excluding hydrogens is 374 g/mol. The van der Waals surface area contributed by atoms with Crippen molar-refractivity contribution >= 4 is 17.7 Å². The zero-order chi connectivity index (χ0) is 20.3. The minimum atomic E-state index is -0.235. The van der Waals surface area contributed by atoms with E-state index in [2.05, 4.69) is 41.1 Å². The summed E-state index contributed by atoms with van der Waals surface area (Å²) < 4.78 is 7.37. The Balaban J connectivity index is 1.94. The van der Waals surface area contributed by atoms with E-state index in [9.17, 15) is 4.79 Å². The zero-order valence-corrected chi connectivity index (χ0v) is 18.0. The van der Waals surface area contributed by atoms with Gasteiger partial charge in [0.1, 0.15) is 11.8 Å². The highest BCUT2D eigenvalue weighted by atomic mass is 32.2. The van der Waals surface area contributed by atoms with Gasteiger partial charge in [-0.3, -0.25) is 9.36 Å². The van der Waals surface area contributed by atoms with Gasteiger partial charge in [0, 0.05) is 18.2 Å². The molecule has 1 fully saturated rings. The third kappa shape index (κ3) is 4.67. The minimum Gasteiger partial charge on any atom is -0.497 e. The van der Waals surface area contributed by atoms with Crippen LogP contribution in [0.2, 0.25) is 0 Å². The number of carbonyl (C=O) groups excluding carboxylic acids is 1. The molecule has 1 aliphatic carbocycles. The van der Waals surface area contributed by atoms with Gasteiger partial charge in [-0.25, -0.2) is 0 Å². The maximum atomic E-state index is 12.4. The predicted molar refractivity (Wildman–Crippen MR) is 110 cm³/mol. The van der Waals surface area contributed by atoms with E-state index in [1.807, 2.05) is 31.2 Å². The number of carbonyl (C=O) groups is 1. The molecule has 1 aromatic carbocycles. The third-order valence-electron chi connectivity index (χ3n) is 4.98. The summed E-state index contributed by atoms with van der Waals surface area (Å²) in [6.07, 6.45) is 3.11. The molecule has 0 radical (unpaired) electrons. The molecule has 3 rings (SSSR count). The van der Waals surface area contributed by atoms with Crippen molar-refractivity contribution in [3.8, 4) is 11.4 Å². The molecule has 0 aliphatic heterocycles. The maximum Gasteiger partial charge on any atom is 0.233 e. The molecule has 0 spiro atoms. The van der Waals surface area contributed by atoms with Gasteiger partial charge in [0.15, 0.2) is 11.0 Å². The van der Waals surface area contributed by atoms with Crippen LogP contribution in [0, 0.1) is 0 Å². The molecule has 0 saturated heterocycles. The van der Waals surface area contributed by atoms with Gasteiger partial charge in [0.05, 0.1) is 26.5 Å². The molecule has 1 amide bonds. The van der Waals surface area contributed by atoms with E-state index in [1.165, 1.54) is 16.7 Å². The molecule has 7 nitrogen and oxygen atoms in total. The Bertz CT molecular complexity index is 801. The Hall–Kier alpha value is -2.06. The molecule has 2 aromatic rings.